The van der Waals surface area contributed by atoms with Gasteiger partial charge < -0.3 is 29.4 Å². The lowest BCUT2D eigenvalue weighted by atomic mass is 10.0. The van der Waals surface area contributed by atoms with Crippen LogP contribution in [0.2, 0.25) is 0 Å². The number of benzene rings is 1. The summed E-state index contributed by atoms with van der Waals surface area (Å²) in [6.45, 7) is 7.43. The molecule has 0 fully saturated rings. The van der Waals surface area contributed by atoms with E-state index >= 15 is 0 Å². The summed E-state index contributed by atoms with van der Waals surface area (Å²) in [4.78, 5) is 45.6. The summed E-state index contributed by atoms with van der Waals surface area (Å²) in [5.74, 6) is -2.27. The van der Waals surface area contributed by atoms with Crippen LogP contribution in [0, 0.1) is 0 Å². The van der Waals surface area contributed by atoms with Crippen molar-refractivity contribution in [3.63, 3.8) is 0 Å². The van der Waals surface area contributed by atoms with Gasteiger partial charge in [-0.05, 0) is 44.9 Å². The zero-order valence-corrected chi connectivity index (χ0v) is 17.6. The van der Waals surface area contributed by atoms with Gasteiger partial charge in [-0.1, -0.05) is 6.07 Å². The molecular formula is C20H27NO9. The van der Waals surface area contributed by atoms with E-state index in [9.17, 15) is 24.3 Å². The van der Waals surface area contributed by atoms with E-state index in [4.69, 9.17) is 18.9 Å². The molecule has 0 saturated heterocycles. The maximum Gasteiger partial charge on any atom is 0.508 e. The summed E-state index contributed by atoms with van der Waals surface area (Å²) in [6, 6.07) is 3.39. The summed E-state index contributed by atoms with van der Waals surface area (Å²) in [7, 11) is 0. The maximum atomic E-state index is 11.6. The number of carbonyl (C=O) groups excluding carboxylic acids is 3. The monoisotopic (exact) mass is 425 g/mol. The molecule has 1 unspecified atom stereocenters. The van der Waals surface area contributed by atoms with Gasteiger partial charge in [0.05, 0.1) is 6.10 Å². The first-order valence-corrected chi connectivity index (χ1v) is 9.31. The van der Waals surface area contributed by atoms with Crippen molar-refractivity contribution in [1.82, 2.24) is 5.32 Å². The number of hydrogen-bond acceptors (Lipinski definition) is 9. The van der Waals surface area contributed by atoms with Crippen molar-refractivity contribution in [2.45, 2.75) is 59.3 Å². The standard InChI is InChI=1S/C20H27NO9/c1-11(2)27-20(26)28-12(3)10-21-16(19(24)25)8-15-6-7-17(29-13(4)22)18(9-15)30-14(5)23/h6-7,9,11-12,16,21H,8,10H2,1-5H3,(H,24,25)/t12?,16-/m0/s1. The topological polar surface area (TPSA) is 137 Å². The van der Waals surface area contributed by atoms with Crippen LogP contribution in [0.15, 0.2) is 18.2 Å². The van der Waals surface area contributed by atoms with E-state index in [0.717, 1.165) is 0 Å². The highest BCUT2D eigenvalue weighted by Gasteiger charge is 2.21. The molecule has 166 valence electrons. The Hall–Kier alpha value is -3.14. The van der Waals surface area contributed by atoms with Gasteiger partial charge in [0.25, 0.3) is 0 Å². The van der Waals surface area contributed by atoms with Gasteiger partial charge in [-0.25, -0.2) is 4.79 Å². The zero-order chi connectivity index (χ0) is 22.8. The molecule has 2 N–H and O–H groups in total. The van der Waals surface area contributed by atoms with E-state index in [1.54, 1.807) is 26.8 Å². The van der Waals surface area contributed by atoms with Crippen LogP contribution in [0.1, 0.15) is 40.2 Å². The minimum absolute atomic E-state index is 0.00692. The van der Waals surface area contributed by atoms with Gasteiger partial charge in [0, 0.05) is 20.4 Å². The van der Waals surface area contributed by atoms with Crippen molar-refractivity contribution in [3.05, 3.63) is 23.8 Å². The Labute approximate surface area is 174 Å². The molecular weight excluding hydrogens is 398 g/mol. The summed E-state index contributed by atoms with van der Waals surface area (Å²) >= 11 is 0. The van der Waals surface area contributed by atoms with Crippen LogP contribution in [0.4, 0.5) is 4.79 Å². The van der Waals surface area contributed by atoms with Gasteiger partial charge in [0.2, 0.25) is 0 Å². The molecule has 0 aromatic heterocycles. The number of esters is 2. The number of carboxylic acid groups (broad SMARTS) is 1. The van der Waals surface area contributed by atoms with Crippen LogP contribution >= 0.6 is 0 Å². The largest absolute Gasteiger partial charge is 0.508 e. The minimum atomic E-state index is -1.12. The lowest BCUT2D eigenvalue weighted by Crippen LogP contribution is -2.42. The minimum Gasteiger partial charge on any atom is -0.480 e. The first kappa shape index (κ1) is 24.9. The van der Waals surface area contributed by atoms with Crippen LogP contribution in [0.25, 0.3) is 0 Å². The number of nitrogens with one attached hydrogen (secondary N) is 1. The molecule has 30 heavy (non-hydrogen) atoms. The molecule has 0 amide bonds. The average Bonchev–Trinajstić information content (AvgIpc) is 2.58. The molecule has 0 bridgehead atoms. The third-order valence-electron chi connectivity index (χ3n) is 3.53. The Balaban J connectivity index is 2.82. The molecule has 0 heterocycles. The SMILES string of the molecule is CC(=O)Oc1ccc(C[C@H](NCC(C)OC(=O)OC(C)C)C(=O)O)cc1OC(C)=O. The number of rotatable bonds is 10. The first-order chi connectivity index (χ1) is 14.0. The highest BCUT2D eigenvalue weighted by Crippen LogP contribution is 2.29. The van der Waals surface area contributed by atoms with Crippen molar-refractivity contribution in [1.29, 1.82) is 0 Å². The van der Waals surface area contributed by atoms with E-state index in [1.807, 2.05) is 0 Å². The Kier molecular flexibility index (Phi) is 9.76. The van der Waals surface area contributed by atoms with Crippen molar-refractivity contribution in [2.75, 3.05) is 6.54 Å². The van der Waals surface area contributed by atoms with E-state index in [-0.39, 0.29) is 30.6 Å². The van der Waals surface area contributed by atoms with Crippen molar-refractivity contribution in [3.8, 4) is 11.5 Å². The quantitative estimate of drug-likeness (QED) is 0.423. The Morgan fingerprint density at radius 2 is 1.57 bits per heavy atom. The number of aliphatic carboxylic acids is 1. The van der Waals surface area contributed by atoms with Crippen LogP contribution < -0.4 is 14.8 Å². The fourth-order valence-electron chi connectivity index (χ4n) is 2.37. The summed E-state index contributed by atoms with van der Waals surface area (Å²) < 4.78 is 19.9. The number of hydrogen-bond donors (Lipinski definition) is 2. The molecule has 0 aliphatic rings. The van der Waals surface area contributed by atoms with Gasteiger partial charge in [-0.2, -0.15) is 0 Å². The predicted molar refractivity (Wildman–Crippen MR) is 104 cm³/mol. The highest BCUT2D eigenvalue weighted by atomic mass is 16.7. The second kappa shape index (κ2) is 11.8. The molecule has 1 aromatic carbocycles. The Morgan fingerprint density at radius 3 is 2.10 bits per heavy atom. The second-order valence-electron chi connectivity index (χ2n) is 6.82. The molecule has 0 saturated carbocycles. The van der Waals surface area contributed by atoms with Crippen molar-refractivity contribution < 1.29 is 43.2 Å². The maximum absolute atomic E-state index is 11.6. The number of ether oxygens (including phenoxy) is 4. The summed E-state index contributed by atoms with van der Waals surface area (Å²) in [5.41, 5.74) is 0.523. The number of carbonyl (C=O) groups is 4. The highest BCUT2D eigenvalue weighted by molar-refractivity contribution is 5.75. The lowest BCUT2D eigenvalue weighted by Gasteiger charge is -2.19. The molecule has 0 aliphatic heterocycles. The van der Waals surface area contributed by atoms with E-state index in [0.29, 0.717) is 5.56 Å². The van der Waals surface area contributed by atoms with Crippen LogP contribution in [0.3, 0.4) is 0 Å². The fraction of sp³-hybridized carbons (Fsp3) is 0.500. The second-order valence-corrected chi connectivity index (χ2v) is 6.82. The normalized spacial score (nSPS) is 12.6. The van der Waals surface area contributed by atoms with E-state index < -0.39 is 36.2 Å². The van der Waals surface area contributed by atoms with E-state index in [1.165, 1.54) is 26.0 Å². The van der Waals surface area contributed by atoms with E-state index in [2.05, 4.69) is 5.32 Å². The van der Waals surface area contributed by atoms with Gasteiger partial charge >= 0.3 is 24.1 Å². The molecule has 10 heteroatoms. The van der Waals surface area contributed by atoms with Crippen molar-refractivity contribution >= 4 is 24.1 Å². The molecule has 0 spiro atoms. The van der Waals surface area contributed by atoms with Gasteiger partial charge in [-0.15, -0.1) is 0 Å². The Morgan fingerprint density at radius 1 is 0.967 bits per heavy atom. The summed E-state index contributed by atoms with van der Waals surface area (Å²) in [5, 5.41) is 12.3. The van der Waals surface area contributed by atoms with Crippen LogP contribution in [-0.2, 0) is 30.3 Å². The third kappa shape index (κ3) is 9.37. The molecule has 0 radical (unpaired) electrons. The zero-order valence-electron chi connectivity index (χ0n) is 17.6. The lowest BCUT2D eigenvalue weighted by molar-refractivity contribution is -0.139. The molecule has 0 aliphatic carbocycles. The molecule has 1 rings (SSSR count). The molecule has 2 atom stereocenters. The Bertz CT molecular complexity index is 776. The molecule has 1 aromatic rings. The smallest absolute Gasteiger partial charge is 0.480 e. The fourth-order valence-corrected chi connectivity index (χ4v) is 2.37. The average molecular weight is 425 g/mol. The van der Waals surface area contributed by atoms with Gasteiger partial charge in [-0.3, -0.25) is 14.4 Å². The predicted octanol–water partition coefficient (Wildman–Crippen LogP) is 2.07. The van der Waals surface area contributed by atoms with Crippen LogP contribution in [-0.4, -0.2) is 54.0 Å². The molecule has 10 nitrogen and oxygen atoms in total. The van der Waals surface area contributed by atoms with Crippen molar-refractivity contribution in [2.24, 2.45) is 0 Å². The van der Waals surface area contributed by atoms with Crippen LogP contribution in [0.5, 0.6) is 11.5 Å². The first-order valence-electron chi connectivity index (χ1n) is 9.31. The third-order valence-corrected chi connectivity index (χ3v) is 3.53. The summed E-state index contributed by atoms with van der Waals surface area (Å²) in [6.07, 6.45) is -1.75. The number of carboxylic acids is 1. The van der Waals surface area contributed by atoms with Gasteiger partial charge in [0.15, 0.2) is 11.5 Å². The van der Waals surface area contributed by atoms with Gasteiger partial charge in [0.1, 0.15) is 12.1 Å².